The standard InChI is InChI=1S/C20H22N4O2/c1-21-18(25)15-12-20(16-5-3-2-4-14(15)16)6-10-24(11-7-20)19(26)17-13-22-8-9-23-17/h2-5,8-9,13,15H,6-7,10-12H2,1H3,(H,21,25)/t15-/m1/s1. The molecule has 1 aromatic heterocycles. The Bertz CT molecular complexity index is 829. The quantitative estimate of drug-likeness (QED) is 0.897. The van der Waals surface area contributed by atoms with Crippen LogP contribution in [0.3, 0.4) is 0 Å². The van der Waals surface area contributed by atoms with Crippen molar-refractivity contribution in [3.05, 3.63) is 59.7 Å². The van der Waals surface area contributed by atoms with E-state index in [1.807, 2.05) is 17.0 Å². The molecule has 2 heterocycles. The summed E-state index contributed by atoms with van der Waals surface area (Å²) in [6, 6.07) is 8.27. The highest BCUT2D eigenvalue weighted by Gasteiger charge is 2.47. The first-order chi connectivity index (χ1) is 12.6. The van der Waals surface area contributed by atoms with Crippen LogP contribution in [-0.4, -0.2) is 46.8 Å². The molecule has 0 unspecified atom stereocenters. The highest BCUT2D eigenvalue weighted by molar-refractivity contribution is 5.92. The molecule has 4 rings (SSSR count). The van der Waals surface area contributed by atoms with Crippen LogP contribution in [0.15, 0.2) is 42.9 Å². The Balaban J connectivity index is 1.55. The van der Waals surface area contributed by atoms with E-state index in [9.17, 15) is 9.59 Å². The van der Waals surface area contributed by atoms with E-state index in [1.165, 1.54) is 11.8 Å². The molecule has 0 radical (unpaired) electrons. The maximum atomic E-state index is 12.6. The number of fused-ring (bicyclic) bond motifs is 2. The number of likely N-dealkylation sites (N-methyl/N-ethyl adjacent to an activating group) is 1. The van der Waals surface area contributed by atoms with Gasteiger partial charge in [0.05, 0.1) is 12.1 Å². The molecule has 1 spiro atoms. The van der Waals surface area contributed by atoms with Gasteiger partial charge in [0.2, 0.25) is 5.91 Å². The SMILES string of the molecule is CNC(=O)[C@@H]1CC2(CCN(C(=O)c3cnccn3)CC2)c2ccccc21. The summed E-state index contributed by atoms with van der Waals surface area (Å²) in [5.74, 6) is -0.0899. The van der Waals surface area contributed by atoms with Crippen LogP contribution in [0.1, 0.15) is 46.8 Å². The number of piperidine rings is 1. The molecule has 1 aromatic carbocycles. The number of nitrogens with one attached hydrogen (secondary N) is 1. The number of aromatic nitrogens is 2. The Morgan fingerprint density at radius 3 is 2.65 bits per heavy atom. The van der Waals surface area contributed by atoms with Crippen molar-refractivity contribution in [2.45, 2.75) is 30.6 Å². The lowest BCUT2D eigenvalue weighted by atomic mass is 9.73. The second-order valence-electron chi connectivity index (χ2n) is 7.12. The molecule has 1 N–H and O–H groups in total. The highest BCUT2D eigenvalue weighted by atomic mass is 16.2. The number of nitrogens with zero attached hydrogens (tertiary/aromatic N) is 3. The van der Waals surface area contributed by atoms with E-state index in [1.54, 1.807) is 19.4 Å². The van der Waals surface area contributed by atoms with Gasteiger partial charge in [0.25, 0.3) is 5.91 Å². The van der Waals surface area contributed by atoms with Crippen LogP contribution in [-0.2, 0) is 10.2 Å². The van der Waals surface area contributed by atoms with Crippen LogP contribution in [0.25, 0.3) is 0 Å². The third kappa shape index (κ3) is 2.66. The number of rotatable bonds is 2. The van der Waals surface area contributed by atoms with Gasteiger partial charge in [0.1, 0.15) is 5.69 Å². The zero-order chi connectivity index (χ0) is 18.1. The predicted octanol–water partition coefficient (Wildman–Crippen LogP) is 1.88. The van der Waals surface area contributed by atoms with Crippen LogP contribution >= 0.6 is 0 Å². The zero-order valence-electron chi connectivity index (χ0n) is 14.8. The molecule has 0 saturated carbocycles. The second kappa shape index (κ2) is 6.52. The van der Waals surface area contributed by atoms with Crippen LogP contribution in [0, 0.1) is 0 Å². The smallest absolute Gasteiger partial charge is 0.274 e. The molecule has 2 amide bonds. The van der Waals surface area contributed by atoms with E-state index >= 15 is 0 Å². The molecule has 2 aromatic rings. The molecular formula is C20H22N4O2. The van der Waals surface area contributed by atoms with Gasteiger partial charge in [-0.25, -0.2) is 4.98 Å². The number of hydrogen-bond acceptors (Lipinski definition) is 4. The van der Waals surface area contributed by atoms with Crippen molar-refractivity contribution in [2.75, 3.05) is 20.1 Å². The van der Waals surface area contributed by atoms with E-state index in [0.29, 0.717) is 18.8 Å². The summed E-state index contributed by atoms with van der Waals surface area (Å²) in [5.41, 5.74) is 2.78. The number of carbonyl (C=O) groups is 2. The summed E-state index contributed by atoms with van der Waals surface area (Å²) < 4.78 is 0. The number of amides is 2. The minimum atomic E-state index is -0.0987. The average molecular weight is 350 g/mol. The number of likely N-dealkylation sites (tertiary alicyclic amines) is 1. The van der Waals surface area contributed by atoms with Gasteiger partial charge in [0, 0.05) is 37.9 Å². The van der Waals surface area contributed by atoms with Crippen molar-refractivity contribution < 1.29 is 9.59 Å². The van der Waals surface area contributed by atoms with Crippen LogP contribution in [0.5, 0.6) is 0 Å². The Labute approximate surface area is 152 Å². The number of benzene rings is 1. The second-order valence-corrected chi connectivity index (χ2v) is 7.12. The normalized spacial score (nSPS) is 20.7. The summed E-state index contributed by atoms with van der Waals surface area (Å²) >= 11 is 0. The lowest BCUT2D eigenvalue weighted by molar-refractivity contribution is -0.122. The minimum Gasteiger partial charge on any atom is -0.359 e. The first kappa shape index (κ1) is 16.7. The van der Waals surface area contributed by atoms with Gasteiger partial charge in [-0.15, -0.1) is 0 Å². The molecule has 2 aliphatic rings. The maximum absolute atomic E-state index is 12.6. The van der Waals surface area contributed by atoms with E-state index in [0.717, 1.165) is 24.8 Å². The molecule has 1 fully saturated rings. The van der Waals surface area contributed by atoms with Gasteiger partial charge in [-0.2, -0.15) is 0 Å². The molecular weight excluding hydrogens is 328 g/mol. The van der Waals surface area contributed by atoms with Crippen LogP contribution in [0.4, 0.5) is 0 Å². The van der Waals surface area contributed by atoms with Gasteiger partial charge in [-0.3, -0.25) is 14.6 Å². The van der Waals surface area contributed by atoms with Gasteiger partial charge in [0.15, 0.2) is 0 Å². The van der Waals surface area contributed by atoms with Gasteiger partial charge >= 0.3 is 0 Å². The molecule has 6 heteroatoms. The molecule has 0 bridgehead atoms. The fourth-order valence-corrected chi connectivity index (χ4v) is 4.49. The van der Waals surface area contributed by atoms with Crippen molar-refractivity contribution in [3.63, 3.8) is 0 Å². The molecule has 1 aliphatic heterocycles. The van der Waals surface area contributed by atoms with E-state index in [4.69, 9.17) is 0 Å². The third-order valence-corrected chi connectivity index (χ3v) is 5.86. The van der Waals surface area contributed by atoms with E-state index in [-0.39, 0.29) is 23.1 Å². The Kier molecular flexibility index (Phi) is 4.18. The number of carbonyl (C=O) groups excluding carboxylic acids is 2. The fraction of sp³-hybridized carbons (Fsp3) is 0.400. The summed E-state index contributed by atoms with van der Waals surface area (Å²) in [4.78, 5) is 35.0. The topological polar surface area (TPSA) is 75.2 Å². The molecule has 134 valence electrons. The Morgan fingerprint density at radius 2 is 1.96 bits per heavy atom. The van der Waals surface area contributed by atoms with Crippen molar-refractivity contribution in [3.8, 4) is 0 Å². The van der Waals surface area contributed by atoms with Crippen molar-refractivity contribution >= 4 is 11.8 Å². The summed E-state index contributed by atoms with van der Waals surface area (Å²) in [7, 11) is 1.69. The predicted molar refractivity (Wildman–Crippen MR) is 96.7 cm³/mol. The third-order valence-electron chi connectivity index (χ3n) is 5.86. The fourth-order valence-electron chi connectivity index (χ4n) is 4.49. The van der Waals surface area contributed by atoms with Crippen LogP contribution in [0.2, 0.25) is 0 Å². The molecule has 1 aliphatic carbocycles. The first-order valence-electron chi connectivity index (χ1n) is 9.01. The van der Waals surface area contributed by atoms with Crippen molar-refractivity contribution in [2.24, 2.45) is 0 Å². The summed E-state index contributed by atoms with van der Waals surface area (Å²) in [6.07, 6.45) is 7.17. The van der Waals surface area contributed by atoms with Crippen molar-refractivity contribution in [1.82, 2.24) is 20.2 Å². The van der Waals surface area contributed by atoms with E-state index in [2.05, 4.69) is 27.4 Å². The highest BCUT2D eigenvalue weighted by Crippen LogP contribution is 2.51. The molecule has 1 atom stereocenters. The van der Waals surface area contributed by atoms with Gasteiger partial charge in [-0.1, -0.05) is 24.3 Å². The zero-order valence-corrected chi connectivity index (χ0v) is 14.8. The molecule has 26 heavy (non-hydrogen) atoms. The largest absolute Gasteiger partial charge is 0.359 e. The van der Waals surface area contributed by atoms with Gasteiger partial charge in [-0.05, 0) is 30.4 Å². The summed E-state index contributed by atoms with van der Waals surface area (Å²) in [6.45, 7) is 1.34. The van der Waals surface area contributed by atoms with Gasteiger partial charge < -0.3 is 10.2 Å². The monoisotopic (exact) mass is 350 g/mol. The number of hydrogen-bond donors (Lipinski definition) is 1. The maximum Gasteiger partial charge on any atom is 0.274 e. The lowest BCUT2D eigenvalue weighted by Crippen LogP contribution is -2.45. The first-order valence-corrected chi connectivity index (χ1v) is 9.01. The lowest BCUT2D eigenvalue weighted by Gasteiger charge is -2.40. The Hall–Kier alpha value is -2.76. The average Bonchev–Trinajstić information content (AvgIpc) is 3.02. The summed E-state index contributed by atoms with van der Waals surface area (Å²) in [5, 5.41) is 2.80. The minimum absolute atomic E-state index is 0.0209. The molecule has 6 nitrogen and oxygen atoms in total. The van der Waals surface area contributed by atoms with Crippen molar-refractivity contribution in [1.29, 1.82) is 0 Å². The van der Waals surface area contributed by atoms with E-state index < -0.39 is 0 Å². The molecule has 1 saturated heterocycles. The van der Waals surface area contributed by atoms with Crippen LogP contribution < -0.4 is 5.32 Å². The Morgan fingerprint density at radius 1 is 1.19 bits per heavy atom.